The second-order valence-electron chi connectivity index (χ2n) is 4.27. The van der Waals surface area contributed by atoms with Crippen LogP contribution in [0.3, 0.4) is 0 Å². The molecular weight excluding hydrogens is 188 g/mol. The molecule has 0 amide bonds. The molecule has 0 aliphatic carbocycles. The highest BCUT2D eigenvalue weighted by molar-refractivity contribution is 4.86. The summed E-state index contributed by atoms with van der Waals surface area (Å²) in [5, 5.41) is 0. The first kappa shape index (κ1) is 14.9. The van der Waals surface area contributed by atoms with Gasteiger partial charge >= 0.3 is 0 Å². The molecule has 0 radical (unpaired) electrons. The Morgan fingerprint density at radius 1 is 1.27 bits per heavy atom. The van der Waals surface area contributed by atoms with Crippen molar-refractivity contribution in [2.45, 2.75) is 46.1 Å². The number of likely N-dealkylation sites (N-methyl/N-ethyl adjacent to an activating group) is 1. The fourth-order valence-corrected chi connectivity index (χ4v) is 1.76. The molecule has 0 spiro atoms. The van der Waals surface area contributed by atoms with Crippen molar-refractivity contribution < 1.29 is 4.74 Å². The lowest BCUT2D eigenvalue weighted by Gasteiger charge is -2.39. The first-order valence-electron chi connectivity index (χ1n) is 6.17. The summed E-state index contributed by atoms with van der Waals surface area (Å²) >= 11 is 0. The Morgan fingerprint density at radius 3 is 2.33 bits per heavy atom. The first-order chi connectivity index (χ1) is 7.14. The van der Waals surface area contributed by atoms with Gasteiger partial charge in [0.2, 0.25) is 0 Å². The third-order valence-corrected chi connectivity index (χ3v) is 2.98. The molecule has 0 heterocycles. The Labute approximate surface area is 95.0 Å². The normalized spacial score (nSPS) is 15.6. The van der Waals surface area contributed by atoms with Crippen molar-refractivity contribution in [2.24, 2.45) is 5.73 Å². The summed E-state index contributed by atoms with van der Waals surface area (Å²) in [5.74, 6) is 0. The van der Waals surface area contributed by atoms with Crippen molar-refractivity contribution in [1.29, 1.82) is 0 Å². The van der Waals surface area contributed by atoms with E-state index >= 15 is 0 Å². The lowest BCUT2D eigenvalue weighted by Crippen LogP contribution is -2.55. The van der Waals surface area contributed by atoms with Crippen LogP contribution in [0.1, 0.15) is 40.5 Å². The zero-order valence-corrected chi connectivity index (χ0v) is 10.9. The Hall–Kier alpha value is -0.120. The van der Waals surface area contributed by atoms with Gasteiger partial charge in [0.25, 0.3) is 0 Å². The third-order valence-electron chi connectivity index (χ3n) is 2.98. The highest BCUT2D eigenvalue weighted by atomic mass is 16.5. The lowest BCUT2D eigenvalue weighted by atomic mass is 10.0. The molecule has 3 nitrogen and oxygen atoms in total. The number of rotatable bonds is 9. The van der Waals surface area contributed by atoms with Gasteiger partial charge in [0.05, 0.1) is 12.1 Å². The zero-order valence-electron chi connectivity index (χ0n) is 10.9. The van der Waals surface area contributed by atoms with Crippen LogP contribution >= 0.6 is 0 Å². The van der Waals surface area contributed by atoms with Crippen molar-refractivity contribution in [2.75, 3.05) is 32.8 Å². The predicted molar refractivity (Wildman–Crippen MR) is 66.1 cm³/mol. The molecule has 2 N–H and O–H groups in total. The van der Waals surface area contributed by atoms with Gasteiger partial charge in [-0.2, -0.15) is 0 Å². The average molecular weight is 216 g/mol. The molecule has 1 atom stereocenters. The highest BCUT2D eigenvalue weighted by Crippen LogP contribution is 2.15. The van der Waals surface area contributed by atoms with E-state index in [0.717, 1.165) is 26.3 Å². The van der Waals surface area contributed by atoms with Crippen LogP contribution in [0, 0.1) is 0 Å². The van der Waals surface area contributed by atoms with Crippen LogP contribution in [0.25, 0.3) is 0 Å². The van der Waals surface area contributed by atoms with Gasteiger partial charge in [-0.1, -0.05) is 20.3 Å². The number of ether oxygens (including phenoxy) is 1. The fourth-order valence-electron chi connectivity index (χ4n) is 1.76. The number of nitrogens with zero attached hydrogens (tertiary/aromatic N) is 1. The molecule has 0 aliphatic heterocycles. The van der Waals surface area contributed by atoms with E-state index in [-0.39, 0.29) is 5.54 Å². The maximum Gasteiger partial charge on any atom is 0.0659 e. The van der Waals surface area contributed by atoms with E-state index < -0.39 is 0 Å². The standard InChI is InChI=1S/C12H28N2O/c1-5-8-9-14(6-2)12(4,10-13)11-15-7-3/h5-11,13H2,1-4H3. The average Bonchev–Trinajstić information content (AvgIpc) is 2.27. The van der Waals surface area contributed by atoms with Gasteiger partial charge in [-0.15, -0.1) is 0 Å². The van der Waals surface area contributed by atoms with Gasteiger partial charge in [-0.05, 0) is 33.4 Å². The minimum Gasteiger partial charge on any atom is -0.380 e. The van der Waals surface area contributed by atoms with Gasteiger partial charge in [0.15, 0.2) is 0 Å². The molecule has 3 heteroatoms. The van der Waals surface area contributed by atoms with Gasteiger partial charge < -0.3 is 10.5 Å². The Balaban J connectivity index is 4.27. The van der Waals surface area contributed by atoms with E-state index in [2.05, 4.69) is 25.7 Å². The van der Waals surface area contributed by atoms with E-state index in [4.69, 9.17) is 10.5 Å². The molecule has 0 bridgehead atoms. The molecule has 0 fully saturated rings. The van der Waals surface area contributed by atoms with E-state index in [1.54, 1.807) is 0 Å². The topological polar surface area (TPSA) is 38.5 Å². The minimum atomic E-state index is -0.0000694. The molecule has 15 heavy (non-hydrogen) atoms. The molecule has 0 aromatic carbocycles. The van der Waals surface area contributed by atoms with Crippen molar-refractivity contribution in [1.82, 2.24) is 4.90 Å². The third kappa shape index (κ3) is 4.96. The fraction of sp³-hybridized carbons (Fsp3) is 1.00. The monoisotopic (exact) mass is 216 g/mol. The van der Waals surface area contributed by atoms with Crippen molar-refractivity contribution >= 4 is 0 Å². The van der Waals surface area contributed by atoms with Crippen LogP contribution in [-0.2, 0) is 4.74 Å². The number of nitrogens with two attached hydrogens (primary N) is 1. The summed E-state index contributed by atoms with van der Waals surface area (Å²) < 4.78 is 5.53. The largest absolute Gasteiger partial charge is 0.380 e. The van der Waals surface area contributed by atoms with Crippen LogP contribution in [0.5, 0.6) is 0 Å². The van der Waals surface area contributed by atoms with Crippen LogP contribution in [0.2, 0.25) is 0 Å². The Kier molecular flexibility index (Phi) is 8.02. The second kappa shape index (κ2) is 8.08. The quantitative estimate of drug-likeness (QED) is 0.639. The minimum absolute atomic E-state index is 0.0000694. The lowest BCUT2D eigenvalue weighted by molar-refractivity contribution is 0.0122. The maximum absolute atomic E-state index is 5.87. The first-order valence-corrected chi connectivity index (χ1v) is 6.17. The highest BCUT2D eigenvalue weighted by Gasteiger charge is 2.29. The summed E-state index contributed by atoms with van der Waals surface area (Å²) in [6.45, 7) is 12.9. The van der Waals surface area contributed by atoms with E-state index in [9.17, 15) is 0 Å². The number of hydrogen-bond acceptors (Lipinski definition) is 3. The molecule has 0 rings (SSSR count). The number of unbranched alkanes of at least 4 members (excludes halogenated alkanes) is 1. The Bertz CT molecular complexity index is 153. The smallest absolute Gasteiger partial charge is 0.0659 e. The van der Waals surface area contributed by atoms with Crippen LogP contribution in [0.15, 0.2) is 0 Å². The van der Waals surface area contributed by atoms with Gasteiger partial charge in [0.1, 0.15) is 0 Å². The summed E-state index contributed by atoms with van der Waals surface area (Å²) in [4.78, 5) is 2.44. The van der Waals surface area contributed by atoms with Gasteiger partial charge in [-0.3, -0.25) is 4.90 Å². The van der Waals surface area contributed by atoms with E-state index in [0.29, 0.717) is 6.54 Å². The van der Waals surface area contributed by atoms with Crippen LogP contribution < -0.4 is 5.73 Å². The Morgan fingerprint density at radius 2 is 1.93 bits per heavy atom. The SMILES string of the molecule is CCCCN(CC)C(C)(CN)COCC. The van der Waals surface area contributed by atoms with Crippen molar-refractivity contribution in [3.05, 3.63) is 0 Å². The molecule has 0 aromatic heterocycles. The predicted octanol–water partition coefficient (Wildman–Crippen LogP) is 1.86. The summed E-state index contributed by atoms with van der Waals surface area (Å²) in [6.07, 6.45) is 2.46. The molecule has 0 saturated carbocycles. The van der Waals surface area contributed by atoms with E-state index in [1.807, 2.05) is 6.92 Å². The molecule has 92 valence electrons. The maximum atomic E-state index is 5.87. The van der Waals surface area contributed by atoms with Crippen LogP contribution in [0.4, 0.5) is 0 Å². The van der Waals surface area contributed by atoms with Gasteiger partial charge in [0, 0.05) is 13.2 Å². The van der Waals surface area contributed by atoms with Crippen LogP contribution in [-0.4, -0.2) is 43.3 Å². The molecule has 1 unspecified atom stereocenters. The molecule has 0 aliphatic rings. The molecular formula is C12H28N2O. The van der Waals surface area contributed by atoms with Crippen molar-refractivity contribution in [3.8, 4) is 0 Å². The van der Waals surface area contributed by atoms with Gasteiger partial charge in [-0.25, -0.2) is 0 Å². The molecule has 0 saturated heterocycles. The van der Waals surface area contributed by atoms with E-state index in [1.165, 1.54) is 12.8 Å². The summed E-state index contributed by atoms with van der Waals surface area (Å²) in [5.41, 5.74) is 5.87. The summed E-state index contributed by atoms with van der Waals surface area (Å²) in [6, 6.07) is 0. The number of hydrogen-bond donors (Lipinski definition) is 1. The zero-order chi connectivity index (χ0) is 11.7. The molecule has 0 aromatic rings. The second-order valence-corrected chi connectivity index (χ2v) is 4.27. The summed E-state index contributed by atoms with van der Waals surface area (Å²) in [7, 11) is 0. The van der Waals surface area contributed by atoms with Crippen molar-refractivity contribution in [3.63, 3.8) is 0 Å².